The van der Waals surface area contributed by atoms with Crippen molar-refractivity contribution in [2.24, 2.45) is 0 Å². The molecule has 0 saturated carbocycles. The first-order valence-electron chi connectivity index (χ1n) is 15.4. The lowest BCUT2D eigenvalue weighted by Gasteiger charge is -2.28. The van der Waals surface area contributed by atoms with Gasteiger partial charge in [-0.05, 0) is 45.2 Å². The average molecular weight is 667 g/mol. The van der Waals surface area contributed by atoms with Crippen LogP contribution in [0.3, 0.4) is 0 Å². The number of carbonyl (C=O) groups is 4. The van der Waals surface area contributed by atoms with Gasteiger partial charge in [0.25, 0.3) is 5.69 Å². The lowest BCUT2D eigenvalue weighted by Crippen LogP contribution is -2.58. The zero-order chi connectivity index (χ0) is 35.3. The van der Waals surface area contributed by atoms with Crippen LogP contribution in [-0.4, -0.2) is 80.3 Å². The standard InChI is InChI=1S/C33H42N6O9/c1-5-47-29(41)18-28(40)25(15-22-11-13-24(14-12-22)39(45)46)36-31(43)27(17-23-19-34-20-35-23)37-30(42)26(16-21-9-7-6-8-10-21)38-32(44)48-33(2,3)4/h6-14,19-20,25-28,40H,5,15-18H2,1-4H3,(H,34,35)(H,36,43)(H,37,42)(H,38,44)/t25-,26-,27-,28-/m0/s1. The first kappa shape index (κ1) is 37.2. The number of nitro groups is 1. The number of imidazole rings is 1. The number of esters is 1. The monoisotopic (exact) mass is 666 g/mol. The van der Waals surface area contributed by atoms with Crippen molar-refractivity contribution < 1.29 is 38.7 Å². The van der Waals surface area contributed by atoms with Crippen LogP contribution in [-0.2, 0) is 43.1 Å². The molecule has 0 radical (unpaired) electrons. The Bertz CT molecular complexity index is 1510. The highest BCUT2D eigenvalue weighted by atomic mass is 16.6. The van der Waals surface area contributed by atoms with E-state index in [1.807, 2.05) is 6.07 Å². The maximum absolute atomic E-state index is 13.9. The smallest absolute Gasteiger partial charge is 0.408 e. The Kier molecular flexibility index (Phi) is 13.6. The Balaban J connectivity index is 1.88. The summed E-state index contributed by atoms with van der Waals surface area (Å²) in [6, 6.07) is 11.1. The van der Waals surface area contributed by atoms with Crippen LogP contribution in [0.2, 0.25) is 0 Å². The molecule has 15 heteroatoms. The van der Waals surface area contributed by atoms with Crippen molar-refractivity contribution in [3.8, 4) is 0 Å². The summed E-state index contributed by atoms with van der Waals surface area (Å²) in [6.07, 6.45) is 0.260. The van der Waals surface area contributed by atoms with E-state index in [4.69, 9.17) is 9.47 Å². The third-order valence-corrected chi connectivity index (χ3v) is 6.98. The van der Waals surface area contributed by atoms with Crippen molar-refractivity contribution in [2.45, 2.75) is 83.2 Å². The van der Waals surface area contributed by atoms with Crippen LogP contribution in [0, 0.1) is 10.1 Å². The predicted octanol–water partition coefficient (Wildman–Crippen LogP) is 2.52. The summed E-state index contributed by atoms with van der Waals surface area (Å²) in [6.45, 7) is 6.77. The molecular formula is C33H42N6O9. The maximum atomic E-state index is 13.9. The number of hydrogen-bond donors (Lipinski definition) is 5. The molecule has 5 N–H and O–H groups in total. The lowest BCUT2D eigenvalue weighted by atomic mass is 9.98. The predicted molar refractivity (Wildman–Crippen MR) is 174 cm³/mol. The molecule has 0 fully saturated rings. The van der Waals surface area contributed by atoms with Crippen LogP contribution in [0.25, 0.3) is 0 Å². The van der Waals surface area contributed by atoms with E-state index in [1.165, 1.54) is 36.8 Å². The quantitative estimate of drug-likeness (QED) is 0.0855. The molecule has 1 aromatic heterocycles. The summed E-state index contributed by atoms with van der Waals surface area (Å²) in [4.78, 5) is 70.0. The second-order valence-corrected chi connectivity index (χ2v) is 12.0. The summed E-state index contributed by atoms with van der Waals surface area (Å²) in [5.41, 5.74) is 0.818. The molecule has 3 rings (SSSR count). The molecule has 3 aromatic rings. The molecule has 0 aliphatic carbocycles. The number of nitro benzene ring substituents is 1. The van der Waals surface area contributed by atoms with Crippen LogP contribution < -0.4 is 16.0 Å². The van der Waals surface area contributed by atoms with Crippen molar-refractivity contribution in [1.29, 1.82) is 0 Å². The van der Waals surface area contributed by atoms with Gasteiger partial charge < -0.3 is 35.5 Å². The highest BCUT2D eigenvalue weighted by Gasteiger charge is 2.32. The molecule has 0 aliphatic rings. The van der Waals surface area contributed by atoms with E-state index in [0.717, 1.165) is 5.56 Å². The van der Waals surface area contributed by atoms with Crippen LogP contribution in [0.15, 0.2) is 67.1 Å². The molecule has 0 aliphatic heterocycles. The van der Waals surface area contributed by atoms with E-state index >= 15 is 0 Å². The summed E-state index contributed by atoms with van der Waals surface area (Å²) in [5.74, 6) is -2.07. The highest BCUT2D eigenvalue weighted by molar-refractivity contribution is 5.91. The van der Waals surface area contributed by atoms with Crippen molar-refractivity contribution in [3.63, 3.8) is 0 Å². The second-order valence-electron chi connectivity index (χ2n) is 12.0. The number of aromatic nitrogens is 2. The van der Waals surface area contributed by atoms with Crippen LogP contribution in [0.4, 0.5) is 10.5 Å². The maximum Gasteiger partial charge on any atom is 0.408 e. The molecule has 15 nitrogen and oxygen atoms in total. The second kappa shape index (κ2) is 17.6. The lowest BCUT2D eigenvalue weighted by molar-refractivity contribution is -0.384. The molecule has 1 heterocycles. The van der Waals surface area contributed by atoms with Gasteiger partial charge in [-0.15, -0.1) is 0 Å². The van der Waals surface area contributed by atoms with Crippen LogP contribution >= 0.6 is 0 Å². The van der Waals surface area contributed by atoms with Crippen molar-refractivity contribution in [2.75, 3.05) is 6.61 Å². The van der Waals surface area contributed by atoms with E-state index in [1.54, 1.807) is 52.0 Å². The topological polar surface area (TPSA) is 215 Å². The number of nitrogens with one attached hydrogen (secondary N) is 4. The summed E-state index contributed by atoms with van der Waals surface area (Å²) in [5, 5.41) is 30.2. The first-order valence-corrected chi connectivity index (χ1v) is 15.4. The van der Waals surface area contributed by atoms with Gasteiger partial charge in [-0.25, -0.2) is 9.78 Å². The van der Waals surface area contributed by atoms with Gasteiger partial charge in [-0.2, -0.15) is 0 Å². The molecular weight excluding hydrogens is 624 g/mol. The number of aromatic amines is 1. The van der Waals surface area contributed by atoms with Crippen LogP contribution in [0.5, 0.6) is 0 Å². The summed E-state index contributed by atoms with van der Waals surface area (Å²) in [7, 11) is 0. The molecule has 0 saturated heterocycles. The van der Waals surface area contributed by atoms with Gasteiger partial charge in [0.1, 0.15) is 17.7 Å². The Morgan fingerprint density at radius 1 is 0.917 bits per heavy atom. The number of aliphatic hydroxyl groups excluding tert-OH is 1. The summed E-state index contributed by atoms with van der Waals surface area (Å²) >= 11 is 0. The zero-order valence-electron chi connectivity index (χ0n) is 27.3. The van der Waals surface area contributed by atoms with Crippen molar-refractivity contribution in [3.05, 3.63) is 94.1 Å². The summed E-state index contributed by atoms with van der Waals surface area (Å²) < 4.78 is 10.3. The molecule has 258 valence electrons. The number of aliphatic hydroxyl groups is 1. The number of nitrogens with zero attached hydrogens (tertiary/aromatic N) is 2. The van der Waals surface area contributed by atoms with E-state index in [-0.39, 0.29) is 31.6 Å². The van der Waals surface area contributed by atoms with Gasteiger partial charge in [0.05, 0.1) is 36.4 Å². The molecule has 0 bridgehead atoms. The van der Waals surface area contributed by atoms with Crippen LogP contribution in [0.1, 0.15) is 50.9 Å². The number of benzene rings is 2. The largest absolute Gasteiger partial charge is 0.466 e. The molecule has 0 spiro atoms. The number of hydrogen-bond acceptors (Lipinski definition) is 10. The number of non-ortho nitro benzene ring substituents is 1. The fourth-order valence-corrected chi connectivity index (χ4v) is 4.71. The first-order chi connectivity index (χ1) is 22.7. The van der Waals surface area contributed by atoms with E-state index in [0.29, 0.717) is 11.3 Å². The molecule has 0 unspecified atom stereocenters. The normalized spacial score (nSPS) is 13.7. The van der Waals surface area contributed by atoms with Crippen molar-refractivity contribution >= 4 is 29.6 Å². The molecule has 2 aromatic carbocycles. The molecule has 4 atom stereocenters. The van der Waals surface area contributed by atoms with Crippen molar-refractivity contribution in [1.82, 2.24) is 25.9 Å². The fourth-order valence-electron chi connectivity index (χ4n) is 4.71. The molecule has 48 heavy (non-hydrogen) atoms. The number of carbonyl (C=O) groups excluding carboxylic acids is 4. The van der Waals surface area contributed by atoms with Gasteiger partial charge in [-0.3, -0.25) is 24.5 Å². The fraction of sp³-hybridized carbons (Fsp3) is 0.424. The van der Waals surface area contributed by atoms with Gasteiger partial charge >= 0.3 is 12.1 Å². The SMILES string of the molecule is CCOC(=O)C[C@H](O)[C@H](Cc1ccc([N+](=O)[O-])cc1)NC(=O)[C@H](Cc1cnc[nH]1)NC(=O)[C@H](Cc1ccccc1)NC(=O)OC(C)(C)C. The number of ether oxygens (including phenoxy) is 2. The van der Waals surface area contributed by atoms with E-state index in [9.17, 15) is 34.4 Å². The van der Waals surface area contributed by atoms with Gasteiger partial charge in [-0.1, -0.05) is 42.5 Å². The van der Waals surface area contributed by atoms with E-state index < -0.39 is 65.1 Å². The van der Waals surface area contributed by atoms with E-state index in [2.05, 4.69) is 25.9 Å². The minimum atomic E-state index is -1.41. The number of alkyl carbamates (subject to hydrolysis) is 1. The number of H-pyrrole nitrogens is 1. The number of rotatable bonds is 16. The van der Waals surface area contributed by atoms with Gasteiger partial charge in [0, 0.05) is 36.9 Å². The van der Waals surface area contributed by atoms with Gasteiger partial charge in [0.2, 0.25) is 11.8 Å². The number of amides is 3. The molecule has 3 amide bonds. The Morgan fingerprint density at radius 3 is 2.12 bits per heavy atom. The minimum absolute atomic E-state index is 0.00807. The highest BCUT2D eigenvalue weighted by Crippen LogP contribution is 2.16. The van der Waals surface area contributed by atoms with Gasteiger partial charge in [0.15, 0.2) is 0 Å². The Labute approximate surface area is 278 Å². The Morgan fingerprint density at radius 2 is 1.54 bits per heavy atom. The minimum Gasteiger partial charge on any atom is -0.466 e. The zero-order valence-corrected chi connectivity index (χ0v) is 27.3. The third kappa shape index (κ3) is 12.5. The average Bonchev–Trinajstić information content (AvgIpc) is 3.53. The Hall–Kier alpha value is -5.31. The third-order valence-electron chi connectivity index (χ3n) is 6.98.